The molecule has 2 fully saturated rings. The van der Waals surface area contributed by atoms with Crippen LogP contribution in [-0.4, -0.2) is 69.2 Å². The number of nitrogens with zero attached hydrogens (tertiary/aromatic N) is 3. The highest BCUT2D eigenvalue weighted by Gasteiger charge is 2.35. The van der Waals surface area contributed by atoms with E-state index in [9.17, 15) is 36.6 Å². The highest BCUT2D eigenvalue weighted by Crippen LogP contribution is 2.39. The molecule has 0 aromatic carbocycles. The van der Waals surface area contributed by atoms with Crippen LogP contribution < -0.4 is 10.6 Å². The first-order valence-corrected chi connectivity index (χ1v) is 13.5. The number of nitrogens with one attached hydrogen (secondary N) is 2. The van der Waals surface area contributed by atoms with Crippen LogP contribution in [0.15, 0.2) is 12.3 Å². The Labute approximate surface area is 227 Å². The predicted octanol–water partition coefficient (Wildman–Crippen LogP) is 5.41. The molecule has 4 rings (SSSR count). The molecule has 3 heterocycles. The fourth-order valence-electron chi connectivity index (χ4n) is 4.19. The van der Waals surface area contributed by atoms with Crippen LogP contribution >= 0.6 is 11.3 Å². The van der Waals surface area contributed by atoms with Crippen molar-refractivity contribution in [2.75, 3.05) is 18.4 Å². The Bertz CT molecular complexity index is 1150. The summed E-state index contributed by atoms with van der Waals surface area (Å²) in [5, 5.41) is 15.5. The molecule has 0 spiro atoms. The van der Waals surface area contributed by atoms with Crippen molar-refractivity contribution in [1.82, 2.24) is 20.2 Å². The zero-order valence-electron chi connectivity index (χ0n) is 21.8. The minimum Gasteiger partial charge on any atom is -0.391 e. The summed E-state index contributed by atoms with van der Waals surface area (Å²) in [4.78, 5) is 36.7. The SMILES string of the molecule is CC(F)(F)F.CCCNc1cc(C(F)F)c(-c2sc(C(=O)NC3CCC3O)nc2C(=O)N2CCCC2C)cn1. The van der Waals surface area contributed by atoms with Gasteiger partial charge in [-0.1, -0.05) is 6.92 Å². The Hall–Kier alpha value is -2.87. The van der Waals surface area contributed by atoms with Crippen molar-refractivity contribution < 1.29 is 36.6 Å². The van der Waals surface area contributed by atoms with Gasteiger partial charge in [0, 0.05) is 43.4 Å². The Morgan fingerprint density at radius 1 is 1.26 bits per heavy atom. The quantitative estimate of drug-likeness (QED) is 0.362. The molecule has 2 aromatic rings. The number of aliphatic hydroxyl groups excluding tert-OH is 1. The Kier molecular flexibility index (Phi) is 10.2. The summed E-state index contributed by atoms with van der Waals surface area (Å²) in [6.07, 6.45) is -2.36. The van der Waals surface area contributed by atoms with Gasteiger partial charge in [0.1, 0.15) is 11.5 Å². The van der Waals surface area contributed by atoms with E-state index >= 15 is 0 Å². The number of likely N-dealkylation sites (tertiary alicyclic amines) is 1. The third kappa shape index (κ3) is 8.07. The third-order valence-electron chi connectivity index (χ3n) is 6.36. The van der Waals surface area contributed by atoms with Crippen molar-refractivity contribution in [2.24, 2.45) is 0 Å². The van der Waals surface area contributed by atoms with Crippen LogP contribution in [0.2, 0.25) is 0 Å². The van der Waals surface area contributed by atoms with Crippen LogP contribution in [0.1, 0.15) is 85.2 Å². The fourth-order valence-corrected chi connectivity index (χ4v) is 5.18. The van der Waals surface area contributed by atoms with Crippen molar-refractivity contribution >= 4 is 29.0 Å². The number of aromatic nitrogens is 2. The van der Waals surface area contributed by atoms with Crippen LogP contribution in [0.4, 0.5) is 27.8 Å². The molecule has 3 atom stereocenters. The second kappa shape index (κ2) is 13.0. The number of thiazole rings is 1. The molecule has 2 amide bonds. The Morgan fingerprint density at radius 3 is 2.46 bits per heavy atom. The molecule has 2 aromatic heterocycles. The lowest BCUT2D eigenvalue weighted by Crippen LogP contribution is -2.50. The molecule has 39 heavy (non-hydrogen) atoms. The number of carbonyl (C=O) groups excluding carboxylic acids is 2. The average Bonchev–Trinajstić information content (AvgIpc) is 3.50. The van der Waals surface area contributed by atoms with E-state index in [-0.39, 0.29) is 51.6 Å². The molecular weight excluding hydrogens is 545 g/mol. The highest BCUT2D eigenvalue weighted by atomic mass is 32.1. The van der Waals surface area contributed by atoms with Gasteiger partial charge in [-0.15, -0.1) is 11.3 Å². The number of hydrogen-bond acceptors (Lipinski definition) is 7. The maximum atomic E-state index is 14.1. The van der Waals surface area contributed by atoms with E-state index in [1.807, 2.05) is 13.8 Å². The van der Waals surface area contributed by atoms with Crippen molar-refractivity contribution in [2.45, 2.75) is 83.7 Å². The molecule has 0 radical (unpaired) electrons. The van der Waals surface area contributed by atoms with Gasteiger partial charge in [-0.05, 0) is 45.1 Å². The summed E-state index contributed by atoms with van der Waals surface area (Å²) < 4.78 is 59.2. The average molecular weight is 578 g/mol. The summed E-state index contributed by atoms with van der Waals surface area (Å²) in [5.41, 5.74) is -0.203. The van der Waals surface area contributed by atoms with E-state index in [1.54, 1.807) is 4.90 Å². The van der Waals surface area contributed by atoms with Crippen LogP contribution in [0, 0.1) is 0 Å². The molecule has 1 saturated carbocycles. The minimum atomic E-state index is -4.00. The third-order valence-corrected chi connectivity index (χ3v) is 7.45. The number of aliphatic hydroxyl groups is 1. The summed E-state index contributed by atoms with van der Waals surface area (Å²) >= 11 is 0.896. The first kappa shape index (κ1) is 30.7. The Balaban J connectivity index is 0.000000771. The van der Waals surface area contributed by atoms with Gasteiger partial charge in [-0.3, -0.25) is 9.59 Å². The van der Waals surface area contributed by atoms with E-state index in [2.05, 4.69) is 20.6 Å². The molecule has 3 N–H and O–H groups in total. The lowest BCUT2D eigenvalue weighted by molar-refractivity contribution is -0.110. The number of alkyl halides is 5. The monoisotopic (exact) mass is 577 g/mol. The maximum Gasteiger partial charge on any atom is 0.386 e. The summed E-state index contributed by atoms with van der Waals surface area (Å²) in [6, 6.07) is 0.907. The fraction of sp³-hybridized carbons (Fsp3) is 0.600. The normalized spacial score (nSPS) is 20.8. The first-order valence-electron chi connectivity index (χ1n) is 12.7. The van der Waals surface area contributed by atoms with Gasteiger partial charge in [0.15, 0.2) is 5.01 Å². The minimum absolute atomic E-state index is 0.00207. The van der Waals surface area contributed by atoms with Crippen LogP contribution in [-0.2, 0) is 0 Å². The largest absolute Gasteiger partial charge is 0.391 e. The molecule has 1 aliphatic carbocycles. The van der Waals surface area contributed by atoms with E-state index in [1.165, 1.54) is 12.3 Å². The van der Waals surface area contributed by atoms with E-state index < -0.39 is 24.6 Å². The number of amides is 2. The number of hydrogen-bond donors (Lipinski definition) is 3. The molecule has 2 aliphatic rings. The van der Waals surface area contributed by atoms with Crippen molar-refractivity contribution in [3.8, 4) is 10.4 Å². The number of halogens is 5. The summed E-state index contributed by atoms with van der Waals surface area (Å²) in [6.45, 7) is 5.21. The van der Waals surface area contributed by atoms with Crippen LogP contribution in [0.5, 0.6) is 0 Å². The highest BCUT2D eigenvalue weighted by molar-refractivity contribution is 7.17. The molecule has 0 bridgehead atoms. The summed E-state index contributed by atoms with van der Waals surface area (Å²) in [7, 11) is 0. The zero-order valence-corrected chi connectivity index (χ0v) is 22.6. The standard InChI is InChI=1S/C23H29F2N5O3S.C2H3F3/c1-3-8-26-17-10-13(20(24)25)14(11-27-17)19-18(23(33)30-9-4-5-12(30)2)29-22(34-19)21(32)28-15-6-7-16(15)31;1-2(3,4)5/h10-12,15-16,20,31H,3-9H2,1-2H3,(H,26,27)(H,28,32);1H3. The first-order chi connectivity index (χ1) is 18.3. The van der Waals surface area contributed by atoms with E-state index in [4.69, 9.17) is 0 Å². The molecule has 3 unspecified atom stereocenters. The Morgan fingerprint density at radius 2 is 1.95 bits per heavy atom. The lowest BCUT2D eigenvalue weighted by atomic mass is 9.89. The maximum absolute atomic E-state index is 14.1. The van der Waals surface area contributed by atoms with Gasteiger partial charge < -0.3 is 20.6 Å². The molecular formula is C25H32F5N5O3S. The van der Waals surface area contributed by atoms with Crippen molar-refractivity contribution in [3.63, 3.8) is 0 Å². The van der Waals surface area contributed by atoms with Crippen molar-refractivity contribution in [3.05, 3.63) is 28.5 Å². The molecule has 1 aliphatic heterocycles. The van der Waals surface area contributed by atoms with Gasteiger partial charge in [0.2, 0.25) is 0 Å². The zero-order chi connectivity index (χ0) is 28.9. The van der Waals surface area contributed by atoms with Gasteiger partial charge in [0.25, 0.3) is 18.2 Å². The van der Waals surface area contributed by atoms with E-state index in [0.29, 0.717) is 31.7 Å². The second-order valence-corrected chi connectivity index (χ2v) is 10.6. The van der Waals surface area contributed by atoms with Crippen LogP contribution in [0.25, 0.3) is 10.4 Å². The van der Waals surface area contributed by atoms with Gasteiger partial charge in [-0.2, -0.15) is 13.2 Å². The second-order valence-electron chi connectivity index (χ2n) is 9.58. The molecule has 1 saturated heterocycles. The number of carbonyl (C=O) groups is 2. The molecule has 216 valence electrons. The van der Waals surface area contributed by atoms with Gasteiger partial charge in [-0.25, -0.2) is 18.7 Å². The molecule has 8 nitrogen and oxygen atoms in total. The smallest absolute Gasteiger partial charge is 0.386 e. The topological polar surface area (TPSA) is 107 Å². The van der Waals surface area contributed by atoms with Gasteiger partial charge >= 0.3 is 6.18 Å². The number of pyridine rings is 1. The van der Waals surface area contributed by atoms with Crippen LogP contribution in [0.3, 0.4) is 0 Å². The van der Waals surface area contributed by atoms with Gasteiger partial charge in [0.05, 0.1) is 17.0 Å². The van der Waals surface area contributed by atoms with E-state index in [0.717, 1.165) is 30.6 Å². The van der Waals surface area contributed by atoms with Crippen molar-refractivity contribution in [1.29, 1.82) is 0 Å². The summed E-state index contributed by atoms with van der Waals surface area (Å²) in [5.74, 6) is -0.591. The molecule has 14 heteroatoms. The number of anilines is 1. The predicted molar refractivity (Wildman–Crippen MR) is 137 cm³/mol. The number of rotatable bonds is 8. The lowest BCUT2D eigenvalue weighted by Gasteiger charge is -2.32.